The Morgan fingerprint density at radius 1 is 0.625 bits per heavy atom. The number of esters is 2. The molecular weight excluding hydrogens is 969 g/mol. The summed E-state index contributed by atoms with van der Waals surface area (Å²) >= 11 is 0. The number of hydrogen-bond donors (Lipinski definition) is 5. The highest BCUT2D eigenvalue weighted by Crippen LogP contribution is 2.60. The van der Waals surface area contributed by atoms with Gasteiger partial charge in [-0.2, -0.15) is 9.29 Å². The minimum absolute atomic E-state index is 0.0560. The summed E-state index contributed by atoms with van der Waals surface area (Å²) in [6, 6.07) is 1.25. The van der Waals surface area contributed by atoms with Gasteiger partial charge in [-0.3, -0.25) is 23.2 Å². The van der Waals surface area contributed by atoms with Gasteiger partial charge in [-0.05, 0) is 30.7 Å². The van der Waals surface area contributed by atoms with Crippen molar-refractivity contribution in [1.29, 1.82) is 0 Å². The lowest BCUT2D eigenvalue weighted by atomic mass is 10.0. The van der Waals surface area contributed by atoms with E-state index >= 15 is 0 Å². The first-order valence-electron chi connectivity index (χ1n) is 27.8. The van der Waals surface area contributed by atoms with Crippen molar-refractivity contribution in [3.05, 3.63) is 22.7 Å². The molecule has 0 radical (unpaired) electrons. The van der Waals surface area contributed by atoms with Crippen molar-refractivity contribution in [1.82, 2.24) is 9.55 Å². The van der Waals surface area contributed by atoms with E-state index in [4.69, 9.17) is 29.0 Å². The second-order valence-corrected chi connectivity index (χ2v) is 23.8. The molecule has 0 saturated carbocycles. The van der Waals surface area contributed by atoms with Crippen molar-refractivity contribution < 1.29 is 66.3 Å². The fraction of sp³-hybridized carbons (Fsp3) is 0.885. The molecule has 2 heterocycles. The fourth-order valence-corrected chi connectivity index (χ4v) is 10.9. The average Bonchev–Trinajstić information content (AvgIpc) is 3.59. The van der Waals surface area contributed by atoms with Crippen LogP contribution < -0.4 is 11.4 Å². The Bertz CT molecular complexity index is 1740. The first-order valence-corrected chi connectivity index (χ1v) is 30.8. The molecular formula is C52H97N3O15P2. The Morgan fingerprint density at radius 2 is 1.03 bits per heavy atom. The van der Waals surface area contributed by atoms with Gasteiger partial charge in [0.15, 0.2) is 12.3 Å². The Morgan fingerprint density at radius 3 is 1.46 bits per heavy atom. The van der Waals surface area contributed by atoms with Crippen LogP contribution in [0.3, 0.4) is 0 Å². The van der Waals surface area contributed by atoms with Crippen molar-refractivity contribution in [2.24, 2.45) is 11.8 Å². The van der Waals surface area contributed by atoms with Crippen LogP contribution in [0.15, 0.2) is 17.1 Å². The second kappa shape index (κ2) is 39.2. The minimum atomic E-state index is -5.42. The summed E-state index contributed by atoms with van der Waals surface area (Å²) in [4.78, 5) is 62.0. The number of phosphoric ester groups is 2. The third-order valence-corrected chi connectivity index (χ3v) is 15.6. The van der Waals surface area contributed by atoms with E-state index in [1.54, 1.807) is 0 Å². The molecule has 1 saturated heterocycles. The van der Waals surface area contributed by atoms with E-state index in [-0.39, 0.29) is 18.7 Å². The van der Waals surface area contributed by atoms with Crippen molar-refractivity contribution in [3.63, 3.8) is 0 Å². The maximum atomic E-state index is 12.9. The average molecular weight is 1070 g/mol. The number of nitrogen functional groups attached to an aromatic ring is 1. The maximum absolute atomic E-state index is 12.9. The van der Waals surface area contributed by atoms with E-state index in [2.05, 4.69) is 37.0 Å². The number of ether oxygens (including phenoxy) is 3. The molecule has 1 fully saturated rings. The van der Waals surface area contributed by atoms with Gasteiger partial charge in [0.25, 0.3) is 0 Å². The molecule has 18 nitrogen and oxygen atoms in total. The third-order valence-electron chi connectivity index (χ3n) is 13.0. The van der Waals surface area contributed by atoms with E-state index in [1.165, 1.54) is 147 Å². The molecule has 0 aromatic carbocycles. The van der Waals surface area contributed by atoms with Gasteiger partial charge >= 0.3 is 33.3 Å². The number of nitrogens with zero attached hydrogens (tertiary/aromatic N) is 2. The maximum Gasteiger partial charge on any atom is 0.481 e. The molecule has 7 atom stereocenters. The van der Waals surface area contributed by atoms with E-state index in [9.17, 15) is 43.5 Å². The number of phosphoric acid groups is 2. The lowest BCUT2D eigenvalue weighted by Crippen LogP contribution is -2.36. The summed E-state index contributed by atoms with van der Waals surface area (Å²) in [5, 5.41) is 20.9. The number of carbonyl (C=O) groups excluding carboxylic acids is 2. The molecule has 0 aliphatic carbocycles. The van der Waals surface area contributed by atoms with Crippen LogP contribution in [0, 0.1) is 11.8 Å². The largest absolute Gasteiger partial charge is 0.481 e. The number of hydrogen-bond acceptors (Lipinski definition) is 15. The molecule has 1 aliphatic rings. The number of aromatic nitrogens is 2. The smallest absolute Gasteiger partial charge is 0.462 e. The van der Waals surface area contributed by atoms with Gasteiger partial charge < -0.3 is 39.9 Å². The van der Waals surface area contributed by atoms with Crippen molar-refractivity contribution >= 4 is 33.4 Å². The van der Waals surface area contributed by atoms with Gasteiger partial charge in [0.1, 0.15) is 30.7 Å². The monoisotopic (exact) mass is 1070 g/mol. The summed E-state index contributed by atoms with van der Waals surface area (Å²) < 4.78 is 56.9. The van der Waals surface area contributed by atoms with Crippen LogP contribution in [0.4, 0.5) is 5.82 Å². The molecule has 72 heavy (non-hydrogen) atoms. The van der Waals surface area contributed by atoms with Crippen LogP contribution in [0.1, 0.15) is 239 Å². The highest BCUT2D eigenvalue weighted by Gasteiger charge is 2.46. The van der Waals surface area contributed by atoms with E-state index < -0.39 is 83.7 Å². The first kappa shape index (κ1) is 65.9. The lowest BCUT2D eigenvalue weighted by molar-refractivity contribution is -0.161. The molecule has 3 unspecified atom stereocenters. The fourth-order valence-electron chi connectivity index (χ4n) is 8.74. The quantitative estimate of drug-likeness (QED) is 0.0231. The van der Waals surface area contributed by atoms with Crippen LogP contribution in [0.25, 0.3) is 0 Å². The van der Waals surface area contributed by atoms with Gasteiger partial charge in [-0.15, -0.1) is 0 Å². The Balaban J connectivity index is 1.73. The van der Waals surface area contributed by atoms with E-state index in [1.807, 2.05) is 0 Å². The number of nitrogens with two attached hydrogens (primary N) is 1. The summed E-state index contributed by atoms with van der Waals surface area (Å²) in [6.07, 6.45) is 29.1. The Labute approximate surface area is 431 Å². The number of carbonyl (C=O) groups is 2. The number of unbranched alkanes of at least 4 members (excludes halogenated alkanes) is 26. The van der Waals surface area contributed by atoms with Crippen LogP contribution in [-0.2, 0) is 46.3 Å². The molecule has 0 spiro atoms. The van der Waals surface area contributed by atoms with Crippen molar-refractivity contribution in [2.75, 3.05) is 25.6 Å². The zero-order chi connectivity index (χ0) is 53.0. The van der Waals surface area contributed by atoms with Crippen molar-refractivity contribution in [3.8, 4) is 0 Å². The molecule has 1 aromatic heterocycles. The molecule has 1 aliphatic heterocycles. The summed E-state index contributed by atoms with van der Waals surface area (Å²) in [6.45, 7) is 6.83. The molecule has 0 bridgehead atoms. The van der Waals surface area contributed by atoms with Crippen LogP contribution in [-0.4, -0.2) is 85.7 Å². The van der Waals surface area contributed by atoms with Gasteiger partial charge in [0, 0.05) is 19.0 Å². The Hall–Kier alpha value is -2.24. The summed E-state index contributed by atoms with van der Waals surface area (Å²) in [7, 11) is -10.8. The number of aliphatic hydroxyl groups is 2. The first-order chi connectivity index (χ1) is 34.4. The van der Waals surface area contributed by atoms with Gasteiger partial charge in [0.05, 0.1) is 13.2 Å². The number of rotatable bonds is 46. The highest BCUT2D eigenvalue weighted by molar-refractivity contribution is 7.61. The molecule has 1 aromatic rings. The number of anilines is 1. The molecule has 20 heteroatoms. The third kappa shape index (κ3) is 32.9. The van der Waals surface area contributed by atoms with Crippen LogP contribution in [0.2, 0.25) is 0 Å². The predicted octanol–water partition coefficient (Wildman–Crippen LogP) is 11.9. The molecule has 6 N–H and O–H groups in total. The highest BCUT2D eigenvalue weighted by atomic mass is 31.3. The van der Waals surface area contributed by atoms with Gasteiger partial charge in [0.2, 0.25) is 0 Å². The normalized spacial score (nSPS) is 19.1. The SMILES string of the molecule is CC(C)CCCCCCCCCCCCCCCCCCCCC(=O)OC[C@H](COP(=O)(O)OP(=O)(O)OC[C@H]1O[C@@H](n2ccc(N)nc2=O)C(O)[C@H]1O)OC(=O)CCCCCCCCCCCCC(C)C. The van der Waals surface area contributed by atoms with Crippen molar-refractivity contribution in [2.45, 2.75) is 264 Å². The zero-order valence-corrected chi connectivity index (χ0v) is 46.4. The number of aliphatic hydroxyl groups excluding tert-OH is 2. The van der Waals surface area contributed by atoms with Gasteiger partial charge in [-0.25, -0.2) is 13.9 Å². The van der Waals surface area contributed by atoms with Crippen LogP contribution >= 0.6 is 15.6 Å². The predicted molar refractivity (Wildman–Crippen MR) is 280 cm³/mol. The molecule has 420 valence electrons. The molecule has 0 amide bonds. The van der Waals surface area contributed by atoms with E-state index in [0.717, 1.165) is 61.3 Å². The minimum Gasteiger partial charge on any atom is -0.462 e. The lowest BCUT2D eigenvalue weighted by Gasteiger charge is -2.21. The summed E-state index contributed by atoms with van der Waals surface area (Å²) in [5.41, 5.74) is 4.60. The van der Waals surface area contributed by atoms with Gasteiger partial charge in [-0.1, -0.05) is 207 Å². The summed E-state index contributed by atoms with van der Waals surface area (Å²) in [5.74, 6) is 0.296. The van der Waals surface area contributed by atoms with E-state index in [0.29, 0.717) is 12.8 Å². The standard InChI is InChI=1S/C52H97N3O15P2/c1-42(2)33-29-25-21-17-13-11-9-7-5-6-8-10-12-14-19-23-27-31-35-47(56)65-39-44(68-48(57)36-32-28-24-20-16-15-18-22-26-30-34-43(3)4)40-66-71(61,62)70-72(63,64)67-41-45-49(58)50(59)51(69-45)55-38-37-46(53)54-52(55)60/h37-38,42-45,49-51,58-59H,5-36,39-41H2,1-4H3,(H,61,62)(H,63,64)(H2,53,54,60)/t44-,45-,49+,50?,51-/m1/s1. The molecule has 2 rings (SSSR count). The van der Waals surface area contributed by atoms with Crippen LogP contribution in [0.5, 0.6) is 0 Å². The zero-order valence-electron chi connectivity index (χ0n) is 44.6. The second-order valence-electron chi connectivity index (χ2n) is 20.8. The Kier molecular flexibility index (Phi) is 35.8. The topological polar surface area (TPSA) is 265 Å².